The zero-order valence-corrected chi connectivity index (χ0v) is 19.9. The Hall–Kier alpha value is -3.34. The van der Waals surface area contributed by atoms with E-state index in [1.807, 2.05) is 44.4 Å². The van der Waals surface area contributed by atoms with Gasteiger partial charge in [0.1, 0.15) is 16.6 Å². The minimum atomic E-state index is -0.516. The smallest absolute Gasteiger partial charge is 0.341 e. The van der Waals surface area contributed by atoms with E-state index >= 15 is 0 Å². The van der Waals surface area contributed by atoms with E-state index in [2.05, 4.69) is 5.32 Å². The summed E-state index contributed by atoms with van der Waals surface area (Å²) in [7, 11) is 1.36. The highest BCUT2D eigenvalue weighted by Crippen LogP contribution is 2.35. The number of esters is 1. The van der Waals surface area contributed by atoms with E-state index in [1.165, 1.54) is 18.4 Å². The molecule has 0 atom stereocenters. The molecule has 1 N–H and O–H groups in total. The number of methoxy groups -OCH3 is 1. The lowest BCUT2D eigenvalue weighted by Crippen LogP contribution is -2.13. The van der Waals surface area contributed by atoms with Crippen LogP contribution in [0.1, 0.15) is 37.7 Å². The third-order valence-corrected chi connectivity index (χ3v) is 6.64. The Labute approximate surface area is 195 Å². The van der Waals surface area contributed by atoms with Crippen LogP contribution in [0.4, 0.5) is 5.69 Å². The number of nitrogens with one attached hydrogen (secondary N) is 1. The van der Waals surface area contributed by atoms with Gasteiger partial charge in [0.2, 0.25) is 0 Å². The molecule has 2 heterocycles. The minimum absolute atomic E-state index is 0.0352. The number of anilines is 1. The van der Waals surface area contributed by atoms with E-state index in [0.29, 0.717) is 21.8 Å². The van der Waals surface area contributed by atoms with Crippen LogP contribution >= 0.6 is 22.9 Å². The number of aryl methyl sites for hydroxylation is 2. The molecule has 0 unspecified atom stereocenters. The SMILES string of the molecule is COC(=O)c1c(-n2c(C)cc(/C=C(\C#N)C(=O)Nc3ccc(Cl)cc3)c2C)sc(C)c1C. The number of nitrogens with zero attached hydrogens (tertiary/aromatic N) is 2. The number of rotatable bonds is 5. The molecular formula is C24H22ClN3O3S. The first kappa shape index (κ1) is 23.3. The molecule has 0 bridgehead atoms. The summed E-state index contributed by atoms with van der Waals surface area (Å²) >= 11 is 7.37. The van der Waals surface area contributed by atoms with Crippen molar-refractivity contribution < 1.29 is 14.3 Å². The molecule has 2 aromatic heterocycles. The number of carbonyl (C=O) groups excluding carboxylic acids is 2. The Bertz CT molecular complexity index is 1280. The van der Waals surface area contributed by atoms with Gasteiger partial charge >= 0.3 is 5.97 Å². The van der Waals surface area contributed by atoms with Crippen LogP contribution in [0.3, 0.4) is 0 Å². The molecule has 0 spiro atoms. The van der Waals surface area contributed by atoms with Crippen LogP contribution in [-0.4, -0.2) is 23.6 Å². The first-order chi connectivity index (χ1) is 15.2. The maximum atomic E-state index is 12.6. The third-order valence-electron chi connectivity index (χ3n) is 5.20. The number of nitriles is 1. The van der Waals surface area contributed by atoms with E-state index in [1.54, 1.807) is 30.3 Å². The molecule has 1 aromatic carbocycles. The van der Waals surface area contributed by atoms with Gasteiger partial charge in [0.05, 0.1) is 12.7 Å². The molecular weight excluding hydrogens is 446 g/mol. The molecule has 32 heavy (non-hydrogen) atoms. The summed E-state index contributed by atoms with van der Waals surface area (Å²) in [6.07, 6.45) is 1.55. The summed E-state index contributed by atoms with van der Waals surface area (Å²) < 4.78 is 6.95. The van der Waals surface area contributed by atoms with Gasteiger partial charge in [0.25, 0.3) is 5.91 Å². The lowest BCUT2D eigenvalue weighted by Gasteiger charge is -2.10. The summed E-state index contributed by atoms with van der Waals surface area (Å²) in [5, 5.41) is 13.6. The van der Waals surface area contributed by atoms with Crippen molar-refractivity contribution in [2.24, 2.45) is 0 Å². The van der Waals surface area contributed by atoms with Crippen molar-refractivity contribution in [1.29, 1.82) is 5.26 Å². The second-order valence-corrected chi connectivity index (χ2v) is 8.89. The molecule has 0 radical (unpaired) electrons. The van der Waals surface area contributed by atoms with Gasteiger partial charge in [-0.15, -0.1) is 11.3 Å². The molecule has 0 aliphatic carbocycles. The van der Waals surface area contributed by atoms with Gasteiger partial charge in [-0.3, -0.25) is 4.79 Å². The molecule has 0 saturated heterocycles. The Balaban J connectivity index is 2.02. The first-order valence-corrected chi connectivity index (χ1v) is 10.9. The molecule has 6 nitrogen and oxygen atoms in total. The van der Waals surface area contributed by atoms with Crippen molar-refractivity contribution in [2.75, 3.05) is 12.4 Å². The number of ether oxygens (including phenoxy) is 1. The second kappa shape index (κ2) is 9.43. The third kappa shape index (κ3) is 4.47. The largest absolute Gasteiger partial charge is 0.465 e. The number of aromatic nitrogens is 1. The number of hydrogen-bond acceptors (Lipinski definition) is 5. The maximum Gasteiger partial charge on any atom is 0.341 e. The highest BCUT2D eigenvalue weighted by atomic mass is 35.5. The fourth-order valence-electron chi connectivity index (χ4n) is 3.39. The Morgan fingerprint density at radius 2 is 1.84 bits per heavy atom. The number of carbonyl (C=O) groups is 2. The topological polar surface area (TPSA) is 84.1 Å². The molecule has 0 saturated carbocycles. The van der Waals surface area contributed by atoms with Crippen LogP contribution in [0.5, 0.6) is 0 Å². The van der Waals surface area contributed by atoms with E-state index < -0.39 is 11.9 Å². The van der Waals surface area contributed by atoms with E-state index in [9.17, 15) is 14.9 Å². The van der Waals surface area contributed by atoms with Crippen LogP contribution in [0.15, 0.2) is 35.9 Å². The molecule has 8 heteroatoms. The lowest BCUT2D eigenvalue weighted by atomic mass is 10.1. The minimum Gasteiger partial charge on any atom is -0.465 e. The van der Waals surface area contributed by atoms with Crippen LogP contribution in [0.2, 0.25) is 5.02 Å². The molecule has 0 aliphatic heterocycles. The van der Waals surface area contributed by atoms with Gasteiger partial charge in [0, 0.05) is 27.0 Å². The van der Waals surface area contributed by atoms with Gasteiger partial charge in [-0.2, -0.15) is 5.26 Å². The van der Waals surface area contributed by atoms with Gasteiger partial charge in [-0.05, 0) is 75.2 Å². The summed E-state index contributed by atoms with van der Waals surface area (Å²) in [6.45, 7) is 7.65. The van der Waals surface area contributed by atoms with Crippen LogP contribution in [0.25, 0.3) is 11.1 Å². The van der Waals surface area contributed by atoms with Crippen molar-refractivity contribution in [3.8, 4) is 11.1 Å². The van der Waals surface area contributed by atoms with Gasteiger partial charge in [0.15, 0.2) is 0 Å². The number of benzene rings is 1. The number of thiophene rings is 1. The fraction of sp³-hybridized carbons (Fsp3) is 0.208. The predicted octanol–water partition coefficient (Wildman–Crippen LogP) is 5.76. The maximum absolute atomic E-state index is 12.6. The van der Waals surface area contributed by atoms with Crippen molar-refractivity contribution in [3.63, 3.8) is 0 Å². The van der Waals surface area contributed by atoms with E-state index in [-0.39, 0.29) is 5.57 Å². The van der Waals surface area contributed by atoms with Crippen LogP contribution in [-0.2, 0) is 9.53 Å². The predicted molar refractivity (Wildman–Crippen MR) is 128 cm³/mol. The molecule has 1 amide bonds. The zero-order chi connectivity index (χ0) is 23.6. The quantitative estimate of drug-likeness (QED) is 0.294. The average Bonchev–Trinajstić information content (AvgIpc) is 3.21. The van der Waals surface area contributed by atoms with Crippen molar-refractivity contribution in [1.82, 2.24) is 4.57 Å². The summed E-state index contributed by atoms with van der Waals surface area (Å²) in [6, 6.07) is 10.5. The lowest BCUT2D eigenvalue weighted by molar-refractivity contribution is -0.112. The Kier molecular flexibility index (Phi) is 6.87. The molecule has 164 valence electrons. The number of amides is 1. The fourth-order valence-corrected chi connectivity index (χ4v) is 4.77. The van der Waals surface area contributed by atoms with Crippen molar-refractivity contribution >= 4 is 46.6 Å². The zero-order valence-electron chi connectivity index (χ0n) is 18.4. The van der Waals surface area contributed by atoms with Crippen molar-refractivity contribution in [3.05, 3.63) is 73.9 Å². The van der Waals surface area contributed by atoms with Gasteiger partial charge < -0.3 is 14.6 Å². The highest BCUT2D eigenvalue weighted by Gasteiger charge is 2.24. The Morgan fingerprint density at radius 3 is 2.44 bits per heavy atom. The molecule has 3 aromatic rings. The number of hydrogen-bond donors (Lipinski definition) is 1. The number of halogens is 1. The molecule has 0 aliphatic rings. The van der Waals surface area contributed by atoms with Gasteiger partial charge in [-0.1, -0.05) is 11.6 Å². The molecule has 0 fully saturated rings. The monoisotopic (exact) mass is 467 g/mol. The molecule has 3 rings (SSSR count). The summed E-state index contributed by atoms with van der Waals surface area (Å²) in [4.78, 5) is 26.1. The summed E-state index contributed by atoms with van der Waals surface area (Å²) in [5.74, 6) is -0.913. The Morgan fingerprint density at radius 1 is 1.19 bits per heavy atom. The van der Waals surface area contributed by atoms with E-state index in [4.69, 9.17) is 16.3 Å². The van der Waals surface area contributed by atoms with Crippen LogP contribution in [0, 0.1) is 39.0 Å². The summed E-state index contributed by atoms with van der Waals surface area (Å²) in [5.41, 5.74) is 4.29. The normalized spacial score (nSPS) is 11.2. The van der Waals surface area contributed by atoms with Gasteiger partial charge in [-0.25, -0.2) is 4.79 Å². The van der Waals surface area contributed by atoms with Crippen molar-refractivity contribution in [2.45, 2.75) is 27.7 Å². The first-order valence-electron chi connectivity index (χ1n) is 9.74. The standard InChI is InChI=1S/C24H22ClN3O3S/c1-13-10-17(11-18(12-26)22(29)27-20-8-6-19(25)7-9-20)15(3)28(13)23-21(24(30)31-5)14(2)16(4)32-23/h6-11H,1-5H3,(H,27,29)/b18-11+. The second-order valence-electron chi connectivity index (χ2n) is 7.25. The van der Waals surface area contributed by atoms with E-state index in [0.717, 1.165) is 26.8 Å². The average molecular weight is 468 g/mol. The highest BCUT2D eigenvalue weighted by molar-refractivity contribution is 7.15. The van der Waals surface area contributed by atoms with Crippen LogP contribution < -0.4 is 5.32 Å².